The zero-order valence-electron chi connectivity index (χ0n) is 10.1. The Hall–Kier alpha value is -0.530. The molecule has 1 N–H and O–H groups in total. The molecular formula is C12H23NO. The molecule has 14 heavy (non-hydrogen) atoms. The highest BCUT2D eigenvalue weighted by Crippen LogP contribution is 2.52. The average molecular weight is 197 g/mol. The van der Waals surface area contributed by atoms with E-state index >= 15 is 0 Å². The molecule has 2 nitrogen and oxygen atoms in total. The van der Waals surface area contributed by atoms with Gasteiger partial charge >= 0.3 is 0 Å². The lowest BCUT2D eigenvalue weighted by atomic mass is 9.55. The Morgan fingerprint density at radius 1 is 1.36 bits per heavy atom. The minimum Gasteiger partial charge on any atom is -0.353 e. The van der Waals surface area contributed by atoms with Gasteiger partial charge in [0.15, 0.2) is 0 Å². The highest BCUT2D eigenvalue weighted by molar-refractivity contribution is 5.77. The van der Waals surface area contributed by atoms with Gasteiger partial charge in [0.1, 0.15) is 0 Å². The van der Waals surface area contributed by atoms with Crippen molar-refractivity contribution in [2.24, 2.45) is 17.3 Å². The first kappa shape index (κ1) is 11.5. The number of carbonyl (C=O) groups excluding carboxylic acids is 1. The van der Waals surface area contributed by atoms with Crippen LogP contribution >= 0.6 is 0 Å². The fourth-order valence-corrected chi connectivity index (χ4v) is 2.86. The summed E-state index contributed by atoms with van der Waals surface area (Å²) < 4.78 is 0. The number of hydrogen-bond donors (Lipinski definition) is 1. The van der Waals surface area contributed by atoms with Crippen molar-refractivity contribution < 1.29 is 4.79 Å². The molecule has 82 valence electrons. The normalized spacial score (nSPS) is 38.4. The number of rotatable bonds is 0. The van der Waals surface area contributed by atoms with Gasteiger partial charge in [0.25, 0.3) is 0 Å². The van der Waals surface area contributed by atoms with Gasteiger partial charge in [0, 0.05) is 12.5 Å². The van der Waals surface area contributed by atoms with Gasteiger partial charge < -0.3 is 5.32 Å². The van der Waals surface area contributed by atoms with Crippen molar-refractivity contribution in [2.75, 3.05) is 0 Å². The largest absolute Gasteiger partial charge is 0.353 e. The van der Waals surface area contributed by atoms with Gasteiger partial charge in [-0.2, -0.15) is 0 Å². The van der Waals surface area contributed by atoms with Crippen molar-refractivity contribution in [1.29, 1.82) is 0 Å². The molecule has 0 aromatic heterocycles. The molecule has 3 unspecified atom stereocenters. The molecule has 3 aliphatic rings. The first-order valence-corrected chi connectivity index (χ1v) is 5.81. The quantitative estimate of drug-likeness (QED) is 0.635. The van der Waals surface area contributed by atoms with Gasteiger partial charge in [-0.1, -0.05) is 34.6 Å². The van der Waals surface area contributed by atoms with Crippen LogP contribution in [0.1, 0.15) is 47.5 Å². The molecule has 1 amide bonds. The fraction of sp³-hybridized carbons (Fsp3) is 0.917. The number of carbonyl (C=O) groups is 1. The molecule has 3 fully saturated rings. The highest BCUT2D eigenvalue weighted by atomic mass is 16.1. The van der Waals surface area contributed by atoms with Gasteiger partial charge in [-0.3, -0.25) is 4.79 Å². The van der Waals surface area contributed by atoms with Crippen molar-refractivity contribution in [1.82, 2.24) is 5.32 Å². The second-order valence-electron chi connectivity index (χ2n) is 4.97. The minimum atomic E-state index is 0.251. The summed E-state index contributed by atoms with van der Waals surface area (Å²) in [4.78, 5) is 11.3. The lowest BCUT2D eigenvalue weighted by molar-refractivity contribution is -0.122. The summed E-state index contributed by atoms with van der Waals surface area (Å²) in [5, 5.41) is 3.09. The topological polar surface area (TPSA) is 29.1 Å². The molecule has 0 spiro atoms. The second-order valence-corrected chi connectivity index (χ2v) is 4.97. The maximum absolute atomic E-state index is 11.3. The van der Waals surface area contributed by atoms with Gasteiger partial charge in [-0.25, -0.2) is 0 Å². The van der Waals surface area contributed by atoms with Crippen molar-refractivity contribution >= 4 is 5.91 Å². The summed E-state index contributed by atoms with van der Waals surface area (Å²) in [5.74, 6) is 1.57. The van der Waals surface area contributed by atoms with E-state index in [1.807, 2.05) is 13.8 Å². The van der Waals surface area contributed by atoms with Crippen LogP contribution in [0.2, 0.25) is 0 Å². The van der Waals surface area contributed by atoms with E-state index in [1.54, 1.807) is 0 Å². The van der Waals surface area contributed by atoms with Crippen LogP contribution in [0, 0.1) is 17.3 Å². The molecule has 1 aliphatic carbocycles. The summed E-state index contributed by atoms with van der Waals surface area (Å²) in [5.41, 5.74) is 0.339. The SMILES string of the molecule is CC.CC1CC(=O)NC2CC1C2(C)C. The Balaban J connectivity index is 0.000000461. The molecule has 2 heteroatoms. The molecular weight excluding hydrogens is 174 g/mol. The fourth-order valence-electron chi connectivity index (χ4n) is 2.86. The van der Waals surface area contributed by atoms with Crippen molar-refractivity contribution in [2.45, 2.75) is 53.5 Å². The van der Waals surface area contributed by atoms with E-state index in [0.29, 0.717) is 17.4 Å². The Kier molecular flexibility index (Phi) is 3.23. The summed E-state index contributed by atoms with van der Waals surface area (Å²) in [7, 11) is 0. The maximum Gasteiger partial charge on any atom is 0.220 e. The molecule has 2 aliphatic heterocycles. The van der Waals surface area contributed by atoms with E-state index in [4.69, 9.17) is 0 Å². The molecule has 0 radical (unpaired) electrons. The summed E-state index contributed by atoms with van der Waals surface area (Å²) in [6.45, 7) is 10.7. The van der Waals surface area contributed by atoms with E-state index in [2.05, 4.69) is 26.1 Å². The molecule has 2 saturated heterocycles. The predicted octanol–water partition coefficient (Wildman–Crippen LogP) is 2.58. The van der Waals surface area contributed by atoms with E-state index in [9.17, 15) is 4.79 Å². The lowest BCUT2D eigenvalue weighted by Gasteiger charge is -2.52. The van der Waals surface area contributed by atoms with Crippen LogP contribution in [0.4, 0.5) is 0 Å². The molecule has 0 aromatic rings. The van der Waals surface area contributed by atoms with Crippen molar-refractivity contribution in [3.8, 4) is 0 Å². The summed E-state index contributed by atoms with van der Waals surface area (Å²) >= 11 is 0. The van der Waals surface area contributed by atoms with Gasteiger partial charge in [-0.05, 0) is 23.7 Å². The molecule has 0 aromatic carbocycles. The lowest BCUT2D eigenvalue weighted by Crippen LogP contribution is -2.56. The Bertz CT molecular complexity index is 222. The first-order chi connectivity index (χ1) is 6.51. The second kappa shape index (κ2) is 3.92. The molecule has 3 atom stereocenters. The van der Waals surface area contributed by atoms with E-state index in [1.165, 1.54) is 6.42 Å². The average Bonchev–Trinajstić information content (AvgIpc) is 2.33. The van der Waals surface area contributed by atoms with Crippen LogP contribution in [-0.4, -0.2) is 11.9 Å². The van der Waals surface area contributed by atoms with Crippen LogP contribution in [-0.2, 0) is 4.79 Å². The first-order valence-electron chi connectivity index (χ1n) is 5.81. The van der Waals surface area contributed by atoms with E-state index < -0.39 is 0 Å². The molecule has 2 bridgehead atoms. The van der Waals surface area contributed by atoms with Crippen LogP contribution in [0.3, 0.4) is 0 Å². The van der Waals surface area contributed by atoms with Gasteiger partial charge in [0.2, 0.25) is 5.91 Å². The summed E-state index contributed by atoms with van der Waals surface area (Å²) in [6, 6.07) is 0.444. The third-order valence-electron chi connectivity index (χ3n) is 3.87. The number of amides is 1. The number of hydrogen-bond acceptors (Lipinski definition) is 1. The standard InChI is InChI=1S/C10H17NO.C2H6/c1-6-4-9(12)11-8-5-7(6)10(8,2)3;1-2/h6-8H,4-5H2,1-3H3,(H,11,12);1-2H3. The van der Waals surface area contributed by atoms with Crippen LogP contribution in [0.15, 0.2) is 0 Å². The van der Waals surface area contributed by atoms with Crippen LogP contribution in [0.5, 0.6) is 0 Å². The van der Waals surface area contributed by atoms with Crippen molar-refractivity contribution in [3.05, 3.63) is 0 Å². The van der Waals surface area contributed by atoms with Crippen molar-refractivity contribution in [3.63, 3.8) is 0 Å². The smallest absolute Gasteiger partial charge is 0.220 e. The number of fused-ring (bicyclic) bond motifs is 3. The Morgan fingerprint density at radius 3 is 2.43 bits per heavy atom. The van der Waals surface area contributed by atoms with Gasteiger partial charge in [-0.15, -0.1) is 0 Å². The minimum absolute atomic E-state index is 0.251. The molecule has 2 heterocycles. The Morgan fingerprint density at radius 2 is 1.93 bits per heavy atom. The third kappa shape index (κ3) is 1.67. The zero-order chi connectivity index (χ0) is 10.9. The third-order valence-corrected chi connectivity index (χ3v) is 3.87. The van der Waals surface area contributed by atoms with Gasteiger partial charge in [0.05, 0.1) is 0 Å². The predicted molar refractivity (Wildman–Crippen MR) is 58.9 cm³/mol. The summed E-state index contributed by atoms with van der Waals surface area (Å²) in [6.07, 6.45) is 1.92. The van der Waals surface area contributed by atoms with Crippen LogP contribution < -0.4 is 5.32 Å². The molecule has 1 saturated carbocycles. The number of nitrogens with one attached hydrogen (secondary N) is 1. The van der Waals surface area contributed by atoms with Crippen LogP contribution in [0.25, 0.3) is 0 Å². The zero-order valence-corrected chi connectivity index (χ0v) is 10.1. The van der Waals surface area contributed by atoms with E-state index in [-0.39, 0.29) is 5.91 Å². The Labute approximate surface area is 87.5 Å². The monoisotopic (exact) mass is 197 g/mol. The van der Waals surface area contributed by atoms with E-state index in [0.717, 1.165) is 12.3 Å². The maximum atomic E-state index is 11.3. The molecule has 3 rings (SSSR count). The highest BCUT2D eigenvalue weighted by Gasteiger charge is 2.52.